The Bertz CT molecular complexity index is 501. The van der Waals surface area contributed by atoms with Crippen LogP contribution in [-0.4, -0.2) is 32.7 Å². The van der Waals surface area contributed by atoms with Crippen molar-refractivity contribution in [3.05, 3.63) is 24.1 Å². The standard InChI is InChI=1S/C11H15FN2O3S/c12-10-5-3-6-13-11(10)18(15,16)14-8-9-4-1-2-7-17-9/h3,5-6,9,14H,1-2,4,7-8H2. The van der Waals surface area contributed by atoms with Crippen molar-refractivity contribution < 1.29 is 17.5 Å². The monoisotopic (exact) mass is 274 g/mol. The Morgan fingerprint density at radius 1 is 1.50 bits per heavy atom. The lowest BCUT2D eigenvalue weighted by Gasteiger charge is -2.22. The van der Waals surface area contributed by atoms with Gasteiger partial charge in [0.05, 0.1) is 6.10 Å². The van der Waals surface area contributed by atoms with Crippen LogP contribution in [0.15, 0.2) is 23.4 Å². The molecule has 0 aromatic carbocycles. The van der Waals surface area contributed by atoms with Gasteiger partial charge in [0.15, 0.2) is 5.82 Å². The Hall–Kier alpha value is -1.05. The lowest BCUT2D eigenvalue weighted by molar-refractivity contribution is 0.0200. The van der Waals surface area contributed by atoms with E-state index in [-0.39, 0.29) is 12.6 Å². The van der Waals surface area contributed by atoms with Crippen LogP contribution in [0.2, 0.25) is 0 Å². The van der Waals surface area contributed by atoms with Crippen molar-refractivity contribution in [1.82, 2.24) is 9.71 Å². The first-order valence-electron chi connectivity index (χ1n) is 5.81. The zero-order chi connectivity index (χ0) is 13.0. The van der Waals surface area contributed by atoms with E-state index in [9.17, 15) is 12.8 Å². The average molecular weight is 274 g/mol. The second kappa shape index (κ2) is 5.73. The molecule has 5 nitrogen and oxygen atoms in total. The van der Waals surface area contributed by atoms with Gasteiger partial charge in [-0.25, -0.2) is 22.5 Å². The Labute approximate surface area is 105 Å². The maximum Gasteiger partial charge on any atom is 0.261 e. The summed E-state index contributed by atoms with van der Waals surface area (Å²) in [5, 5.41) is -0.569. The third-order valence-electron chi connectivity index (χ3n) is 2.75. The Morgan fingerprint density at radius 2 is 2.33 bits per heavy atom. The Morgan fingerprint density at radius 3 is 3.00 bits per heavy atom. The van der Waals surface area contributed by atoms with Crippen molar-refractivity contribution in [2.75, 3.05) is 13.2 Å². The van der Waals surface area contributed by atoms with Gasteiger partial charge >= 0.3 is 0 Å². The fourth-order valence-corrected chi connectivity index (χ4v) is 2.87. The number of sulfonamides is 1. The Kier molecular flexibility index (Phi) is 4.26. The van der Waals surface area contributed by atoms with E-state index >= 15 is 0 Å². The van der Waals surface area contributed by atoms with Gasteiger partial charge in [-0.15, -0.1) is 0 Å². The van der Waals surface area contributed by atoms with Gasteiger partial charge in [0, 0.05) is 19.3 Å². The summed E-state index contributed by atoms with van der Waals surface area (Å²) < 4.78 is 44.7. The fourth-order valence-electron chi connectivity index (χ4n) is 1.81. The molecule has 0 spiro atoms. The summed E-state index contributed by atoms with van der Waals surface area (Å²) in [5.41, 5.74) is 0. The predicted molar refractivity (Wildman–Crippen MR) is 63.0 cm³/mol. The van der Waals surface area contributed by atoms with Gasteiger partial charge in [0.1, 0.15) is 0 Å². The maximum absolute atomic E-state index is 13.3. The molecule has 100 valence electrons. The molecule has 1 aromatic heterocycles. The normalized spacial score (nSPS) is 20.8. The summed E-state index contributed by atoms with van der Waals surface area (Å²) in [6.45, 7) is 0.794. The molecule has 1 N–H and O–H groups in total. The zero-order valence-corrected chi connectivity index (χ0v) is 10.6. The molecule has 0 aliphatic carbocycles. The quantitative estimate of drug-likeness (QED) is 0.891. The predicted octanol–water partition coefficient (Wildman–Crippen LogP) is 1.07. The summed E-state index contributed by atoms with van der Waals surface area (Å²) in [7, 11) is -3.91. The molecule has 0 radical (unpaired) electrons. The number of hydrogen-bond donors (Lipinski definition) is 1. The lowest BCUT2D eigenvalue weighted by atomic mass is 10.1. The van der Waals surface area contributed by atoms with Crippen LogP contribution >= 0.6 is 0 Å². The highest BCUT2D eigenvalue weighted by molar-refractivity contribution is 7.89. The first-order valence-corrected chi connectivity index (χ1v) is 7.30. The highest BCUT2D eigenvalue weighted by Gasteiger charge is 2.22. The van der Waals surface area contributed by atoms with Gasteiger partial charge in [0.2, 0.25) is 5.03 Å². The molecule has 1 aromatic rings. The molecule has 1 saturated heterocycles. The number of pyridine rings is 1. The first kappa shape index (κ1) is 13.4. The number of halogens is 1. The Balaban J connectivity index is 2.01. The topological polar surface area (TPSA) is 68.3 Å². The SMILES string of the molecule is O=S(=O)(NCC1CCCCO1)c1ncccc1F. The van der Waals surface area contributed by atoms with Crippen LogP contribution in [-0.2, 0) is 14.8 Å². The minimum atomic E-state index is -3.91. The van der Waals surface area contributed by atoms with E-state index in [1.807, 2.05) is 0 Å². The zero-order valence-electron chi connectivity index (χ0n) is 9.80. The van der Waals surface area contributed by atoms with Crippen molar-refractivity contribution >= 4 is 10.0 Å². The van der Waals surface area contributed by atoms with Crippen molar-refractivity contribution in [3.8, 4) is 0 Å². The molecule has 1 aliphatic heterocycles. The molecule has 18 heavy (non-hydrogen) atoms. The van der Waals surface area contributed by atoms with Gasteiger partial charge in [-0.2, -0.15) is 0 Å². The summed E-state index contributed by atoms with van der Waals surface area (Å²) in [6.07, 6.45) is 3.94. The molecule has 2 heterocycles. The molecule has 1 aliphatic rings. The number of nitrogens with zero attached hydrogens (tertiary/aromatic N) is 1. The third kappa shape index (κ3) is 3.24. The number of hydrogen-bond acceptors (Lipinski definition) is 4. The number of nitrogens with one attached hydrogen (secondary N) is 1. The van der Waals surface area contributed by atoms with E-state index in [1.165, 1.54) is 12.3 Å². The van der Waals surface area contributed by atoms with E-state index in [0.717, 1.165) is 25.3 Å². The van der Waals surface area contributed by atoms with Crippen molar-refractivity contribution in [3.63, 3.8) is 0 Å². The smallest absolute Gasteiger partial charge is 0.261 e. The highest BCUT2D eigenvalue weighted by atomic mass is 32.2. The number of rotatable bonds is 4. The maximum atomic E-state index is 13.3. The molecular formula is C11H15FN2O3S. The van der Waals surface area contributed by atoms with E-state index < -0.39 is 20.9 Å². The number of aromatic nitrogens is 1. The summed E-state index contributed by atoms with van der Waals surface area (Å²) in [6, 6.07) is 2.41. The van der Waals surface area contributed by atoms with Gasteiger partial charge in [0.25, 0.3) is 10.0 Å². The van der Waals surface area contributed by atoms with Crippen molar-refractivity contribution in [1.29, 1.82) is 0 Å². The molecule has 7 heteroatoms. The summed E-state index contributed by atoms with van der Waals surface area (Å²) >= 11 is 0. The fraction of sp³-hybridized carbons (Fsp3) is 0.545. The average Bonchev–Trinajstić information content (AvgIpc) is 2.38. The van der Waals surface area contributed by atoms with Gasteiger partial charge in [-0.05, 0) is 31.4 Å². The van der Waals surface area contributed by atoms with Crippen LogP contribution in [0.1, 0.15) is 19.3 Å². The van der Waals surface area contributed by atoms with Gasteiger partial charge < -0.3 is 4.74 Å². The van der Waals surface area contributed by atoms with Crippen LogP contribution in [0.25, 0.3) is 0 Å². The first-order chi connectivity index (χ1) is 8.59. The van der Waals surface area contributed by atoms with Crippen LogP contribution in [0.5, 0.6) is 0 Å². The number of ether oxygens (including phenoxy) is 1. The van der Waals surface area contributed by atoms with Crippen LogP contribution < -0.4 is 4.72 Å². The van der Waals surface area contributed by atoms with E-state index in [4.69, 9.17) is 4.74 Å². The molecule has 1 unspecified atom stereocenters. The third-order valence-corrected chi connectivity index (χ3v) is 4.11. The minimum Gasteiger partial charge on any atom is -0.377 e. The van der Waals surface area contributed by atoms with Crippen molar-refractivity contribution in [2.45, 2.75) is 30.4 Å². The van der Waals surface area contributed by atoms with E-state index in [2.05, 4.69) is 9.71 Å². The molecule has 2 rings (SSSR count). The van der Waals surface area contributed by atoms with Crippen LogP contribution in [0.4, 0.5) is 4.39 Å². The minimum absolute atomic E-state index is 0.139. The highest BCUT2D eigenvalue weighted by Crippen LogP contribution is 2.14. The van der Waals surface area contributed by atoms with E-state index in [0.29, 0.717) is 6.61 Å². The summed E-state index contributed by atoms with van der Waals surface area (Å²) in [4.78, 5) is 3.55. The molecular weight excluding hydrogens is 259 g/mol. The molecule has 0 bridgehead atoms. The van der Waals surface area contributed by atoms with Crippen LogP contribution in [0, 0.1) is 5.82 Å². The molecule has 0 amide bonds. The molecule has 1 atom stereocenters. The van der Waals surface area contributed by atoms with E-state index in [1.54, 1.807) is 0 Å². The largest absolute Gasteiger partial charge is 0.377 e. The summed E-state index contributed by atoms with van der Waals surface area (Å²) in [5.74, 6) is -0.852. The molecule has 0 saturated carbocycles. The second-order valence-electron chi connectivity index (χ2n) is 4.13. The van der Waals surface area contributed by atoms with Crippen LogP contribution in [0.3, 0.4) is 0 Å². The van der Waals surface area contributed by atoms with Crippen molar-refractivity contribution in [2.24, 2.45) is 0 Å². The lowest BCUT2D eigenvalue weighted by Crippen LogP contribution is -2.36. The van der Waals surface area contributed by atoms with Gasteiger partial charge in [-0.3, -0.25) is 0 Å². The molecule has 1 fully saturated rings. The van der Waals surface area contributed by atoms with Gasteiger partial charge in [-0.1, -0.05) is 0 Å². The second-order valence-corrected chi connectivity index (χ2v) is 5.81.